The SMILES string of the molecule is O=C([O-])N1CC[C@H]2[C@@H](C1)c1cc(-c3ccc(Cl)c(Cl)c3)cc3c1N2CCC3. The number of carboxylic acid groups (broad SMARTS) is 1. The number of piperidine rings is 1. The third-order valence-corrected chi connectivity index (χ3v) is 6.98. The van der Waals surface area contributed by atoms with Gasteiger partial charge in [0.1, 0.15) is 6.09 Å². The van der Waals surface area contributed by atoms with Crippen LogP contribution in [0.1, 0.15) is 29.9 Å². The molecule has 1 amide bonds. The maximum absolute atomic E-state index is 11.4. The fourth-order valence-electron chi connectivity index (χ4n) is 5.05. The molecule has 0 spiro atoms. The molecule has 4 nitrogen and oxygen atoms in total. The zero-order valence-corrected chi connectivity index (χ0v) is 16.3. The lowest BCUT2D eigenvalue weighted by molar-refractivity contribution is -0.266. The second kappa shape index (κ2) is 6.32. The van der Waals surface area contributed by atoms with Crippen molar-refractivity contribution in [2.75, 3.05) is 24.5 Å². The predicted octanol–water partition coefficient (Wildman–Crippen LogP) is 3.93. The summed E-state index contributed by atoms with van der Waals surface area (Å²) in [5, 5.41) is 12.5. The summed E-state index contributed by atoms with van der Waals surface area (Å²) in [6.07, 6.45) is 1.97. The zero-order valence-electron chi connectivity index (χ0n) is 14.8. The van der Waals surface area contributed by atoms with E-state index in [4.69, 9.17) is 23.2 Å². The van der Waals surface area contributed by atoms with E-state index in [1.165, 1.54) is 21.7 Å². The van der Waals surface area contributed by atoms with Crippen molar-refractivity contribution in [1.29, 1.82) is 0 Å². The number of nitrogens with zero attached hydrogens (tertiary/aromatic N) is 2. The van der Waals surface area contributed by atoms with Gasteiger partial charge in [-0.2, -0.15) is 0 Å². The summed E-state index contributed by atoms with van der Waals surface area (Å²) in [4.78, 5) is 15.4. The van der Waals surface area contributed by atoms with Crippen LogP contribution in [-0.4, -0.2) is 36.7 Å². The van der Waals surface area contributed by atoms with Gasteiger partial charge < -0.3 is 19.7 Å². The highest BCUT2D eigenvalue weighted by Crippen LogP contribution is 2.50. The molecule has 140 valence electrons. The summed E-state index contributed by atoms with van der Waals surface area (Å²) in [6, 6.07) is 10.6. The van der Waals surface area contributed by atoms with Crippen molar-refractivity contribution in [3.05, 3.63) is 51.5 Å². The van der Waals surface area contributed by atoms with Crippen LogP contribution in [0.2, 0.25) is 10.0 Å². The Balaban J connectivity index is 1.62. The maximum Gasteiger partial charge on any atom is 0.136 e. The number of aryl methyl sites for hydroxylation is 1. The van der Waals surface area contributed by atoms with Gasteiger partial charge in [0.2, 0.25) is 0 Å². The number of likely N-dealkylation sites (tertiary alicyclic amines) is 1. The van der Waals surface area contributed by atoms with Crippen molar-refractivity contribution in [2.24, 2.45) is 0 Å². The van der Waals surface area contributed by atoms with Crippen molar-refractivity contribution >= 4 is 35.0 Å². The smallest absolute Gasteiger partial charge is 0.136 e. The summed E-state index contributed by atoms with van der Waals surface area (Å²) in [5.41, 5.74) is 6.12. The number of halogens is 2. The molecule has 1 saturated heterocycles. The number of hydrogen-bond acceptors (Lipinski definition) is 3. The van der Waals surface area contributed by atoms with Gasteiger partial charge in [0.25, 0.3) is 0 Å². The minimum absolute atomic E-state index is 0.200. The highest BCUT2D eigenvalue weighted by Gasteiger charge is 2.44. The molecule has 5 rings (SSSR count). The lowest BCUT2D eigenvalue weighted by atomic mass is 9.87. The summed E-state index contributed by atoms with van der Waals surface area (Å²) in [6.45, 7) is 2.13. The van der Waals surface area contributed by atoms with Crippen LogP contribution < -0.4 is 10.0 Å². The van der Waals surface area contributed by atoms with E-state index in [0.29, 0.717) is 29.2 Å². The molecule has 0 aliphatic carbocycles. The van der Waals surface area contributed by atoms with Gasteiger partial charge in [-0.05, 0) is 65.8 Å². The van der Waals surface area contributed by atoms with Gasteiger partial charge in [-0.3, -0.25) is 0 Å². The Morgan fingerprint density at radius 2 is 1.93 bits per heavy atom. The molecule has 2 aromatic carbocycles. The fraction of sp³-hybridized carbons (Fsp3) is 0.381. The molecule has 1 fully saturated rings. The number of carbonyl (C=O) groups excluding carboxylic acids is 1. The Kier molecular flexibility index (Phi) is 4.03. The predicted molar refractivity (Wildman–Crippen MR) is 106 cm³/mol. The van der Waals surface area contributed by atoms with Crippen molar-refractivity contribution in [1.82, 2.24) is 4.90 Å². The number of fused-ring (bicyclic) bond motifs is 3. The van der Waals surface area contributed by atoms with Crippen LogP contribution in [0.3, 0.4) is 0 Å². The van der Waals surface area contributed by atoms with E-state index < -0.39 is 6.09 Å². The first-order valence-electron chi connectivity index (χ1n) is 9.38. The number of anilines is 1. The van der Waals surface area contributed by atoms with Crippen LogP contribution in [0.25, 0.3) is 11.1 Å². The lowest BCUT2D eigenvalue weighted by Gasteiger charge is -2.41. The van der Waals surface area contributed by atoms with Crippen LogP contribution in [0.5, 0.6) is 0 Å². The molecule has 2 aromatic rings. The maximum atomic E-state index is 11.4. The van der Waals surface area contributed by atoms with Crippen LogP contribution >= 0.6 is 23.2 Å². The number of hydrogen-bond donors (Lipinski definition) is 0. The van der Waals surface area contributed by atoms with Gasteiger partial charge in [0.05, 0.1) is 10.0 Å². The molecule has 27 heavy (non-hydrogen) atoms. The standard InChI is InChI=1S/C21H20Cl2N2O2/c22-17-4-3-12(10-18(17)23)14-8-13-2-1-6-25-19-5-7-24(21(26)27)11-16(19)15(9-14)20(13)25/h3-4,8-10,16,19H,1-2,5-7,11H2,(H,26,27)/p-1/t16-,19-/m0/s1. The van der Waals surface area contributed by atoms with Crippen molar-refractivity contribution in [3.8, 4) is 11.1 Å². The van der Waals surface area contributed by atoms with Gasteiger partial charge in [-0.1, -0.05) is 29.3 Å². The molecule has 0 radical (unpaired) electrons. The van der Waals surface area contributed by atoms with Crippen molar-refractivity contribution in [3.63, 3.8) is 0 Å². The summed E-state index contributed by atoms with van der Waals surface area (Å²) >= 11 is 12.3. The summed E-state index contributed by atoms with van der Waals surface area (Å²) in [5.74, 6) is 0.200. The first-order valence-corrected chi connectivity index (χ1v) is 10.1. The Hall–Kier alpha value is -1.91. The van der Waals surface area contributed by atoms with E-state index in [0.717, 1.165) is 36.9 Å². The summed E-state index contributed by atoms with van der Waals surface area (Å²) in [7, 11) is 0. The van der Waals surface area contributed by atoms with Gasteiger partial charge in [0.15, 0.2) is 0 Å². The topological polar surface area (TPSA) is 46.6 Å². The monoisotopic (exact) mass is 401 g/mol. The highest BCUT2D eigenvalue weighted by molar-refractivity contribution is 6.42. The van der Waals surface area contributed by atoms with Crippen LogP contribution in [0.4, 0.5) is 10.5 Å². The first-order chi connectivity index (χ1) is 13.0. The Labute approximate surface area is 168 Å². The van der Waals surface area contributed by atoms with E-state index in [9.17, 15) is 9.90 Å². The Bertz CT molecular complexity index is 946. The van der Waals surface area contributed by atoms with Crippen LogP contribution in [0, 0.1) is 0 Å². The van der Waals surface area contributed by atoms with E-state index in [2.05, 4.69) is 17.0 Å². The summed E-state index contributed by atoms with van der Waals surface area (Å²) < 4.78 is 0. The molecule has 0 N–H and O–H groups in total. The van der Waals surface area contributed by atoms with Crippen molar-refractivity contribution in [2.45, 2.75) is 31.2 Å². The fourth-order valence-corrected chi connectivity index (χ4v) is 5.35. The van der Waals surface area contributed by atoms with E-state index in [-0.39, 0.29) is 5.92 Å². The zero-order chi connectivity index (χ0) is 18.7. The van der Waals surface area contributed by atoms with Crippen LogP contribution in [-0.2, 0) is 6.42 Å². The molecule has 0 bridgehead atoms. The molecule has 2 atom stereocenters. The molecular weight excluding hydrogens is 383 g/mol. The second-order valence-electron chi connectivity index (χ2n) is 7.67. The Morgan fingerprint density at radius 3 is 2.70 bits per heavy atom. The first kappa shape index (κ1) is 17.2. The third-order valence-electron chi connectivity index (χ3n) is 6.24. The Morgan fingerprint density at radius 1 is 1.07 bits per heavy atom. The molecule has 3 aliphatic rings. The van der Waals surface area contributed by atoms with Crippen molar-refractivity contribution < 1.29 is 9.90 Å². The molecule has 6 heteroatoms. The molecule has 0 unspecified atom stereocenters. The lowest BCUT2D eigenvalue weighted by Crippen LogP contribution is -2.52. The molecule has 3 aliphatic heterocycles. The minimum atomic E-state index is -1.07. The van der Waals surface area contributed by atoms with E-state index in [1.807, 2.05) is 18.2 Å². The average Bonchev–Trinajstić information content (AvgIpc) is 2.99. The highest BCUT2D eigenvalue weighted by atomic mass is 35.5. The van der Waals surface area contributed by atoms with Crippen LogP contribution in [0.15, 0.2) is 30.3 Å². The largest absolute Gasteiger partial charge is 0.530 e. The number of benzene rings is 2. The third kappa shape index (κ3) is 2.69. The van der Waals surface area contributed by atoms with Gasteiger partial charge in [-0.15, -0.1) is 0 Å². The number of carbonyl (C=O) groups is 1. The average molecular weight is 402 g/mol. The molecule has 0 aromatic heterocycles. The molecular formula is C21H19Cl2N2O2-. The molecule has 0 saturated carbocycles. The van der Waals surface area contributed by atoms with Gasteiger partial charge in [-0.25, -0.2) is 0 Å². The van der Waals surface area contributed by atoms with E-state index >= 15 is 0 Å². The number of amides is 1. The molecule has 3 heterocycles. The van der Waals surface area contributed by atoms with E-state index in [1.54, 1.807) is 0 Å². The minimum Gasteiger partial charge on any atom is -0.530 e. The quantitative estimate of drug-likeness (QED) is 0.726. The van der Waals surface area contributed by atoms with Gasteiger partial charge >= 0.3 is 0 Å². The normalized spacial score (nSPS) is 23.2. The number of rotatable bonds is 1. The second-order valence-corrected chi connectivity index (χ2v) is 8.49. The van der Waals surface area contributed by atoms with Gasteiger partial charge in [0, 0.05) is 37.3 Å².